The SMILES string of the molecule is CCc1nc(CN2CCCCC2)cs1. The Kier molecular flexibility index (Phi) is 3.54. The van der Waals surface area contributed by atoms with Gasteiger partial charge in [-0.25, -0.2) is 4.98 Å². The van der Waals surface area contributed by atoms with E-state index in [0.29, 0.717) is 0 Å². The summed E-state index contributed by atoms with van der Waals surface area (Å²) < 4.78 is 0. The molecular weight excluding hydrogens is 192 g/mol. The van der Waals surface area contributed by atoms with Crippen molar-refractivity contribution < 1.29 is 0 Å². The van der Waals surface area contributed by atoms with Gasteiger partial charge in [-0.3, -0.25) is 4.90 Å². The van der Waals surface area contributed by atoms with Gasteiger partial charge in [0, 0.05) is 11.9 Å². The molecule has 2 rings (SSSR count). The van der Waals surface area contributed by atoms with Gasteiger partial charge in [0.15, 0.2) is 0 Å². The summed E-state index contributed by atoms with van der Waals surface area (Å²) >= 11 is 1.80. The van der Waals surface area contributed by atoms with E-state index < -0.39 is 0 Å². The first kappa shape index (κ1) is 10.1. The lowest BCUT2D eigenvalue weighted by molar-refractivity contribution is 0.219. The van der Waals surface area contributed by atoms with E-state index in [2.05, 4.69) is 22.2 Å². The lowest BCUT2D eigenvalue weighted by Crippen LogP contribution is -2.29. The quantitative estimate of drug-likeness (QED) is 0.762. The highest BCUT2D eigenvalue weighted by Crippen LogP contribution is 2.15. The van der Waals surface area contributed by atoms with Crippen LogP contribution in [-0.4, -0.2) is 23.0 Å². The van der Waals surface area contributed by atoms with Gasteiger partial charge < -0.3 is 0 Å². The lowest BCUT2D eigenvalue weighted by Gasteiger charge is -2.25. The molecule has 1 aromatic heterocycles. The number of hydrogen-bond donors (Lipinski definition) is 0. The van der Waals surface area contributed by atoms with Gasteiger partial charge in [-0.15, -0.1) is 11.3 Å². The molecule has 1 fully saturated rings. The summed E-state index contributed by atoms with van der Waals surface area (Å²) in [6.07, 6.45) is 5.22. The fraction of sp³-hybridized carbons (Fsp3) is 0.727. The lowest BCUT2D eigenvalue weighted by atomic mass is 10.1. The summed E-state index contributed by atoms with van der Waals surface area (Å²) in [6, 6.07) is 0. The Bertz CT molecular complexity index is 277. The second kappa shape index (κ2) is 4.89. The van der Waals surface area contributed by atoms with Crippen LogP contribution in [0.15, 0.2) is 5.38 Å². The van der Waals surface area contributed by atoms with Crippen molar-refractivity contribution in [3.8, 4) is 0 Å². The van der Waals surface area contributed by atoms with E-state index in [0.717, 1.165) is 13.0 Å². The van der Waals surface area contributed by atoms with Crippen molar-refractivity contribution in [1.29, 1.82) is 0 Å². The average molecular weight is 210 g/mol. The van der Waals surface area contributed by atoms with Crippen LogP contribution in [0.4, 0.5) is 0 Å². The maximum absolute atomic E-state index is 4.60. The normalized spacial score (nSPS) is 18.6. The molecule has 0 aromatic carbocycles. The smallest absolute Gasteiger partial charge is 0.0926 e. The van der Waals surface area contributed by atoms with Gasteiger partial charge in [0.1, 0.15) is 0 Å². The standard InChI is InChI=1S/C11H18N2S/c1-2-11-12-10(9-14-11)8-13-6-4-3-5-7-13/h9H,2-8H2,1H3. The summed E-state index contributed by atoms with van der Waals surface area (Å²) in [5.41, 5.74) is 1.27. The molecule has 0 saturated carbocycles. The molecule has 0 amide bonds. The molecule has 0 atom stereocenters. The number of aryl methyl sites for hydroxylation is 1. The first-order valence-corrected chi connectivity index (χ1v) is 6.42. The summed E-state index contributed by atoms with van der Waals surface area (Å²) in [5.74, 6) is 0. The topological polar surface area (TPSA) is 16.1 Å². The van der Waals surface area contributed by atoms with E-state index in [4.69, 9.17) is 0 Å². The summed E-state index contributed by atoms with van der Waals surface area (Å²) in [4.78, 5) is 7.13. The van der Waals surface area contributed by atoms with Crippen LogP contribution in [0.3, 0.4) is 0 Å². The van der Waals surface area contributed by atoms with Crippen molar-refractivity contribution >= 4 is 11.3 Å². The molecule has 1 aliphatic heterocycles. The number of rotatable bonds is 3. The van der Waals surface area contributed by atoms with Gasteiger partial charge in [0.25, 0.3) is 0 Å². The predicted octanol–water partition coefficient (Wildman–Crippen LogP) is 2.69. The fourth-order valence-electron chi connectivity index (χ4n) is 1.93. The van der Waals surface area contributed by atoms with Gasteiger partial charge in [-0.2, -0.15) is 0 Å². The molecule has 3 heteroatoms. The number of nitrogens with zero attached hydrogens (tertiary/aromatic N) is 2. The summed E-state index contributed by atoms with van der Waals surface area (Å²) in [6.45, 7) is 5.76. The highest BCUT2D eigenvalue weighted by molar-refractivity contribution is 7.09. The minimum Gasteiger partial charge on any atom is -0.297 e. The number of aromatic nitrogens is 1. The predicted molar refractivity (Wildman–Crippen MR) is 60.6 cm³/mol. The Balaban J connectivity index is 1.89. The number of hydrogen-bond acceptors (Lipinski definition) is 3. The van der Waals surface area contributed by atoms with Crippen molar-refractivity contribution in [1.82, 2.24) is 9.88 Å². The van der Waals surface area contributed by atoms with Gasteiger partial charge in [0.05, 0.1) is 10.7 Å². The van der Waals surface area contributed by atoms with E-state index in [1.165, 1.54) is 43.1 Å². The fourth-order valence-corrected chi connectivity index (χ4v) is 2.67. The van der Waals surface area contributed by atoms with E-state index in [9.17, 15) is 0 Å². The molecule has 0 unspecified atom stereocenters. The Labute approximate surface area is 90.0 Å². The Morgan fingerprint density at radius 2 is 2.14 bits per heavy atom. The van der Waals surface area contributed by atoms with Gasteiger partial charge in [-0.1, -0.05) is 13.3 Å². The molecule has 0 N–H and O–H groups in total. The van der Waals surface area contributed by atoms with Crippen molar-refractivity contribution in [2.45, 2.75) is 39.2 Å². The van der Waals surface area contributed by atoms with Crippen LogP contribution in [0, 0.1) is 0 Å². The third kappa shape index (κ3) is 2.55. The highest BCUT2D eigenvalue weighted by atomic mass is 32.1. The van der Waals surface area contributed by atoms with Crippen LogP contribution in [0.5, 0.6) is 0 Å². The molecule has 0 bridgehead atoms. The van der Waals surface area contributed by atoms with Gasteiger partial charge in [-0.05, 0) is 32.4 Å². The molecule has 2 nitrogen and oxygen atoms in total. The molecule has 14 heavy (non-hydrogen) atoms. The zero-order valence-corrected chi connectivity index (χ0v) is 9.65. The number of piperidine rings is 1. The number of thiazole rings is 1. The zero-order valence-electron chi connectivity index (χ0n) is 8.83. The minimum absolute atomic E-state index is 1.07. The van der Waals surface area contributed by atoms with E-state index in [1.54, 1.807) is 11.3 Å². The van der Waals surface area contributed by atoms with Crippen LogP contribution in [0.2, 0.25) is 0 Å². The van der Waals surface area contributed by atoms with E-state index >= 15 is 0 Å². The molecule has 78 valence electrons. The van der Waals surface area contributed by atoms with Gasteiger partial charge >= 0.3 is 0 Å². The molecule has 1 aromatic rings. The van der Waals surface area contributed by atoms with Crippen molar-refractivity contribution in [2.24, 2.45) is 0 Å². The first-order chi connectivity index (χ1) is 6.88. The molecule has 2 heterocycles. The average Bonchev–Trinajstić information content (AvgIpc) is 2.67. The molecule has 0 radical (unpaired) electrons. The summed E-state index contributed by atoms with van der Waals surface area (Å²) in [7, 11) is 0. The van der Waals surface area contributed by atoms with E-state index in [1.807, 2.05) is 0 Å². The highest BCUT2D eigenvalue weighted by Gasteiger charge is 2.11. The molecule has 0 aliphatic carbocycles. The molecular formula is C11H18N2S. The second-order valence-corrected chi connectivity index (χ2v) is 4.87. The molecule has 1 aliphatic rings. The Hall–Kier alpha value is -0.410. The third-order valence-electron chi connectivity index (χ3n) is 2.74. The van der Waals surface area contributed by atoms with Crippen molar-refractivity contribution in [3.63, 3.8) is 0 Å². The molecule has 0 spiro atoms. The first-order valence-electron chi connectivity index (χ1n) is 5.54. The van der Waals surface area contributed by atoms with E-state index in [-0.39, 0.29) is 0 Å². The monoisotopic (exact) mass is 210 g/mol. The Morgan fingerprint density at radius 3 is 2.79 bits per heavy atom. The van der Waals surface area contributed by atoms with Gasteiger partial charge in [0.2, 0.25) is 0 Å². The minimum atomic E-state index is 1.07. The van der Waals surface area contributed by atoms with Crippen LogP contribution >= 0.6 is 11.3 Å². The van der Waals surface area contributed by atoms with Crippen LogP contribution in [0.25, 0.3) is 0 Å². The summed E-state index contributed by atoms with van der Waals surface area (Å²) in [5, 5.41) is 3.49. The van der Waals surface area contributed by atoms with Crippen LogP contribution < -0.4 is 0 Å². The van der Waals surface area contributed by atoms with Crippen LogP contribution in [0.1, 0.15) is 36.9 Å². The van der Waals surface area contributed by atoms with Crippen molar-refractivity contribution in [2.75, 3.05) is 13.1 Å². The Morgan fingerprint density at radius 1 is 1.36 bits per heavy atom. The molecule has 1 saturated heterocycles. The maximum Gasteiger partial charge on any atom is 0.0926 e. The second-order valence-electron chi connectivity index (χ2n) is 3.92. The number of likely N-dealkylation sites (tertiary alicyclic amines) is 1. The zero-order chi connectivity index (χ0) is 9.80. The largest absolute Gasteiger partial charge is 0.297 e. The third-order valence-corrected chi connectivity index (χ3v) is 3.78. The van der Waals surface area contributed by atoms with Crippen LogP contribution in [-0.2, 0) is 13.0 Å². The van der Waals surface area contributed by atoms with Crippen molar-refractivity contribution in [3.05, 3.63) is 16.1 Å². The maximum atomic E-state index is 4.60.